The smallest absolute Gasteiger partial charge is 0.344 e. The molecule has 2 aromatic carbocycles. The van der Waals surface area contributed by atoms with Gasteiger partial charge in [-0.3, -0.25) is 4.98 Å². The zero-order valence-corrected chi connectivity index (χ0v) is 24.4. The van der Waals surface area contributed by atoms with Gasteiger partial charge in [0.1, 0.15) is 11.3 Å². The van der Waals surface area contributed by atoms with E-state index >= 15 is 0 Å². The zero-order valence-electron chi connectivity index (χ0n) is 22.2. The predicted molar refractivity (Wildman–Crippen MR) is 151 cm³/mol. The number of carboxylic acids is 1. The molecule has 2 N–H and O–H groups in total. The van der Waals surface area contributed by atoms with Crippen molar-refractivity contribution < 1.29 is 46.3 Å². The summed E-state index contributed by atoms with van der Waals surface area (Å²) in [4.78, 5) is 29.5. The highest BCUT2D eigenvalue weighted by Crippen LogP contribution is 2.30. The van der Waals surface area contributed by atoms with Crippen LogP contribution in [0, 0.1) is 0 Å². The van der Waals surface area contributed by atoms with E-state index in [1.54, 1.807) is 36.7 Å². The number of unbranched alkanes of at least 4 members (excludes halogenated alkanes) is 2. The van der Waals surface area contributed by atoms with Crippen molar-refractivity contribution in [3.8, 4) is 11.5 Å². The maximum absolute atomic E-state index is 11.9. The number of H-pyrrole nitrogens is 1. The molecule has 0 aliphatic heterocycles. The molecular weight excluding hydrogens is 579 g/mol. The van der Waals surface area contributed by atoms with Gasteiger partial charge in [0.2, 0.25) is 0 Å². The van der Waals surface area contributed by atoms with E-state index in [-0.39, 0.29) is 37.7 Å². The standard InChI is InChI=1S/C18H22ClNO3.C11H8ClNO3.ClH/c1-3-4-5-7-13(2)23-17(21)12-22-16-10-9-15(19)14-8-6-11-20-18(14)16;12-8-3-4-9(16-6-10(14)15)11-7(8)2-1-5-13-11;/h6,8-11,13H,3-5,7,12H2,1-2H3;1-5H,6H2,(H,14,15);1H. The molecule has 2 heterocycles. The van der Waals surface area contributed by atoms with Gasteiger partial charge in [0, 0.05) is 17.6 Å². The molecule has 214 valence electrons. The number of rotatable bonds is 11. The lowest BCUT2D eigenvalue weighted by Crippen LogP contribution is -3.00. The van der Waals surface area contributed by atoms with Gasteiger partial charge in [0.05, 0.1) is 21.5 Å². The third-order valence-corrected chi connectivity index (χ3v) is 6.32. The topological polar surface area (TPSA) is 109 Å². The van der Waals surface area contributed by atoms with Crippen LogP contribution in [0.2, 0.25) is 10.0 Å². The van der Waals surface area contributed by atoms with Crippen molar-refractivity contribution in [1.29, 1.82) is 0 Å². The average molecular weight is 610 g/mol. The number of hydrogen-bond acceptors (Lipinski definition) is 6. The van der Waals surface area contributed by atoms with Gasteiger partial charge in [0.15, 0.2) is 25.2 Å². The lowest BCUT2D eigenvalue weighted by molar-refractivity contribution is -0.345. The Labute approximate surface area is 249 Å². The molecule has 4 aromatic rings. The number of aliphatic carboxylic acids is 1. The van der Waals surface area contributed by atoms with Crippen molar-refractivity contribution >= 4 is 56.9 Å². The fourth-order valence-corrected chi connectivity index (χ4v) is 4.22. The number of hydrogen-bond donors (Lipinski definition) is 1. The summed E-state index contributed by atoms with van der Waals surface area (Å²) in [5.74, 6) is -0.380. The minimum atomic E-state index is -1.01. The maximum Gasteiger partial charge on any atom is 0.344 e. The summed E-state index contributed by atoms with van der Waals surface area (Å²) in [6.45, 7) is 3.55. The summed E-state index contributed by atoms with van der Waals surface area (Å²) in [7, 11) is 0. The number of esters is 1. The van der Waals surface area contributed by atoms with E-state index < -0.39 is 5.97 Å². The summed E-state index contributed by atoms with van der Waals surface area (Å²) in [5, 5.41) is 11.3. The molecule has 1 atom stereocenters. The molecule has 40 heavy (non-hydrogen) atoms. The number of nitrogens with one attached hydrogen (secondary N) is 1. The number of pyridine rings is 2. The van der Waals surface area contributed by atoms with Crippen LogP contribution in [-0.2, 0) is 14.3 Å². The number of carbonyl (C=O) groups is 2. The third-order valence-electron chi connectivity index (χ3n) is 5.66. The first kappa shape index (κ1) is 32.9. The number of benzene rings is 2. The van der Waals surface area contributed by atoms with Crippen molar-refractivity contribution in [1.82, 2.24) is 4.98 Å². The van der Waals surface area contributed by atoms with Gasteiger partial charge in [-0.15, -0.1) is 0 Å². The van der Waals surface area contributed by atoms with Gasteiger partial charge in [-0.05, 0) is 62.2 Å². The molecule has 0 saturated carbocycles. The Kier molecular flexibility index (Phi) is 13.7. The first-order chi connectivity index (χ1) is 18.8. The maximum atomic E-state index is 11.9. The first-order valence-electron chi connectivity index (χ1n) is 12.6. The summed E-state index contributed by atoms with van der Waals surface area (Å²) in [5.41, 5.74) is 1.33. The molecule has 8 nitrogen and oxygen atoms in total. The van der Waals surface area contributed by atoms with Gasteiger partial charge in [-0.1, -0.05) is 43.0 Å². The lowest BCUT2D eigenvalue weighted by atomic mass is 10.1. The molecule has 0 aliphatic rings. The lowest BCUT2D eigenvalue weighted by Gasteiger charge is -2.14. The van der Waals surface area contributed by atoms with Gasteiger partial charge < -0.3 is 31.7 Å². The van der Waals surface area contributed by atoms with E-state index in [0.717, 1.165) is 36.5 Å². The number of nitrogens with zero attached hydrogens (tertiary/aromatic N) is 1. The van der Waals surface area contributed by atoms with E-state index in [1.165, 1.54) is 0 Å². The van der Waals surface area contributed by atoms with Crippen molar-refractivity contribution in [3.05, 3.63) is 71.0 Å². The van der Waals surface area contributed by atoms with Crippen molar-refractivity contribution in [2.75, 3.05) is 13.2 Å². The number of fused-ring (bicyclic) bond motifs is 2. The van der Waals surface area contributed by atoms with Crippen molar-refractivity contribution in [2.45, 2.75) is 45.6 Å². The third kappa shape index (κ3) is 9.70. The zero-order chi connectivity index (χ0) is 28.2. The second-order valence-electron chi connectivity index (χ2n) is 8.72. The van der Waals surface area contributed by atoms with Crippen molar-refractivity contribution in [3.63, 3.8) is 0 Å². The minimum Gasteiger partial charge on any atom is -1.00 e. The number of carboxylic acid groups (broad SMARTS) is 1. The number of aromatic amines is 1. The number of carbonyl (C=O) groups excluding carboxylic acids is 1. The molecule has 0 fully saturated rings. The van der Waals surface area contributed by atoms with Gasteiger partial charge in [-0.25, -0.2) is 14.6 Å². The Morgan fingerprint density at radius 1 is 0.950 bits per heavy atom. The van der Waals surface area contributed by atoms with Crippen LogP contribution in [0.15, 0.2) is 60.9 Å². The molecule has 4 rings (SSSR count). The summed E-state index contributed by atoms with van der Waals surface area (Å²) < 4.78 is 16.1. The van der Waals surface area contributed by atoms with Crippen LogP contribution in [0.4, 0.5) is 0 Å². The van der Waals surface area contributed by atoms with E-state index in [2.05, 4.69) is 16.9 Å². The highest BCUT2D eigenvalue weighted by atomic mass is 35.5. The molecule has 0 amide bonds. The van der Waals surface area contributed by atoms with Crippen LogP contribution in [-0.4, -0.2) is 41.3 Å². The first-order valence-corrected chi connectivity index (χ1v) is 13.3. The molecule has 0 bridgehead atoms. The predicted octanol–water partition coefficient (Wildman–Crippen LogP) is 3.55. The average Bonchev–Trinajstić information content (AvgIpc) is 2.93. The molecule has 0 radical (unpaired) electrons. The van der Waals surface area contributed by atoms with Crippen LogP contribution < -0.4 is 26.9 Å². The van der Waals surface area contributed by atoms with Crippen LogP contribution in [0.5, 0.6) is 11.5 Å². The number of ether oxygens (including phenoxy) is 3. The Hall–Kier alpha value is -3.33. The molecule has 1 unspecified atom stereocenters. The Morgan fingerprint density at radius 2 is 1.62 bits per heavy atom. The van der Waals surface area contributed by atoms with E-state index in [9.17, 15) is 9.59 Å². The fraction of sp³-hybridized carbons (Fsp3) is 0.310. The van der Waals surface area contributed by atoms with E-state index in [4.69, 9.17) is 42.5 Å². The molecule has 0 aliphatic carbocycles. The molecule has 11 heteroatoms. The van der Waals surface area contributed by atoms with Gasteiger partial charge in [0.25, 0.3) is 5.52 Å². The fourth-order valence-electron chi connectivity index (χ4n) is 3.79. The van der Waals surface area contributed by atoms with Crippen LogP contribution in [0.1, 0.15) is 39.5 Å². The SMILES string of the molecule is CCCCCC(C)OC(=O)COc1ccc(Cl)c2cccnc12.O=C(O)COc1ccc(Cl)c2ccc[nH+]c12.[Cl-]. The summed E-state index contributed by atoms with van der Waals surface area (Å²) in [6.07, 6.45) is 7.56. The highest BCUT2D eigenvalue weighted by Gasteiger charge is 2.13. The van der Waals surface area contributed by atoms with E-state index in [1.807, 2.05) is 31.2 Å². The number of aromatic nitrogens is 2. The molecule has 0 saturated heterocycles. The molecular formula is C29H31Cl3N2O6. The highest BCUT2D eigenvalue weighted by molar-refractivity contribution is 6.35. The van der Waals surface area contributed by atoms with Gasteiger partial charge in [-0.2, -0.15) is 0 Å². The summed E-state index contributed by atoms with van der Waals surface area (Å²) >= 11 is 12.1. The van der Waals surface area contributed by atoms with Crippen molar-refractivity contribution in [2.24, 2.45) is 0 Å². The number of halogens is 3. The Morgan fingerprint density at radius 3 is 2.35 bits per heavy atom. The summed E-state index contributed by atoms with van der Waals surface area (Å²) in [6, 6.07) is 14.1. The normalized spacial score (nSPS) is 11.1. The molecule has 2 aromatic heterocycles. The largest absolute Gasteiger partial charge is 1.00 e. The molecule has 0 spiro atoms. The Bertz CT molecular complexity index is 1420. The van der Waals surface area contributed by atoms with Gasteiger partial charge >= 0.3 is 11.9 Å². The van der Waals surface area contributed by atoms with E-state index in [0.29, 0.717) is 32.6 Å². The second-order valence-corrected chi connectivity index (χ2v) is 9.53. The minimum absolute atomic E-state index is 0. The van der Waals surface area contributed by atoms with Crippen LogP contribution >= 0.6 is 23.2 Å². The van der Waals surface area contributed by atoms with Crippen LogP contribution in [0.25, 0.3) is 21.8 Å². The van der Waals surface area contributed by atoms with Crippen LogP contribution in [0.3, 0.4) is 0 Å². The second kappa shape index (κ2) is 16.7. The monoisotopic (exact) mass is 608 g/mol. The Balaban J connectivity index is 0.000000290. The quantitative estimate of drug-likeness (QED) is 0.205.